The van der Waals surface area contributed by atoms with E-state index in [1.54, 1.807) is 0 Å². The van der Waals surface area contributed by atoms with Gasteiger partial charge in [-0.25, -0.2) is 17.5 Å². The van der Waals surface area contributed by atoms with Crippen molar-refractivity contribution in [2.75, 3.05) is 0 Å². The summed E-state index contributed by atoms with van der Waals surface area (Å²) in [6, 6.07) is 3.09. The fourth-order valence-electron chi connectivity index (χ4n) is 2.44. The van der Waals surface area contributed by atoms with E-state index < -0.39 is 15.8 Å². The van der Waals surface area contributed by atoms with Crippen molar-refractivity contribution in [1.29, 1.82) is 0 Å². The van der Waals surface area contributed by atoms with Gasteiger partial charge in [0, 0.05) is 16.6 Å². The molecule has 1 aromatic carbocycles. The van der Waals surface area contributed by atoms with Crippen molar-refractivity contribution >= 4 is 26.0 Å². The Hall–Kier alpha value is -0.500. The van der Waals surface area contributed by atoms with Crippen molar-refractivity contribution in [2.45, 2.75) is 49.1 Å². The second kappa shape index (κ2) is 6.51. The Bertz CT molecular complexity index is 580. The second-order valence-corrected chi connectivity index (χ2v) is 7.64. The molecule has 1 saturated carbocycles. The molecule has 0 bridgehead atoms. The van der Waals surface area contributed by atoms with Gasteiger partial charge in [-0.15, -0.1) is 0 Å². The van der Waals surface area contributed by atoms with E-state index in [0.717, 1.165) is 44.2 Å². The van der Waals surface area contributed by atoms with Gasteiger partial charge >= 0.3 is 0 Å². The minimum absolute atomic E-state index is 0.0374. The van der Waals surface area contributed by atoms with E-state index >= 15 is 0 Å². The molecule has 3 N–H and O–H groups in total. The Balaban J connectivity index is 2.21. The molecule has 2 rings (SSSR count). The highest BCUT2D eigenvalue weighted by molar-refractivity contribution is 9.10. The first-order chi connectivity index (χ1) is 9.40. The summed E-state index contributed by atoms with van der Waals surface area (Å²) in [5.74, 6) is -0.484. The van der Waals surface area contributed by atoms with Gasteiger partial charge in [0.1, 0.15) is 5.82 Å². The summed E-state index contributed by atoms with van der Waals surface area (Å²) >= 11 is 3.09. The topological polar surface area (TPSA) is 72.2 Å². The van der Waals surface area contributed by atoms with Crippen molar-refractivity contribution in [3.8, 4) is 0 Å². The fourth-order valence-corrected chi connectivity index (χ4v) is 4.81. The molecule has 0 spiro atoms. The van der Waals surface area contributed by atoms with Gasteiger partial charge in [-0.1, -0.05) is 19.3 Å². The number of nitrogens with one attached hydrogen (secondary N) is 1. The van der Waals surface area contributed by atoms with Crippen LogP contribution in [-0.2, 0) is 10.0 Å². The number of sulfonamides is 1. The molecule has 2 unspecified atom stereocenters. The summed E-state index contributed by atoms with van der Waals surface area (Å²) in [5, 5.41) is 0. The highest BCUT2D eigenvalue weighted by Crippen LogP contribution is 2.24. The molecule has 1 aliphatic carbocycles. The monoisotopic (exact) mass is 364 g/mol. The third-order valence-electron chi connectivity index (χ3n) is 3.56. The Kier molecular flexibility index (Phi) is 5.17. The van der Waals surface area contributed by atoms with Crippen LogP contribution in [0.4, 0.5) is 4.39 Å². The number of nitrogens with two attached hydrogens (primary N) is 1. The lowest BCUT2D eigenvalue weighted by Crippen LogP contribution is -2.46. The van der Waals surface area contributed by atoms with Crippen LogP contribution in [0.1, 0.15) is 32.1 Å². The summed E-state index contributed by atoms with van der Waals surface area (Å²) in [6.45, 7) is 0. The SMILES string of the molecule is NC1CCCCCC1NS(=O)(=O)c1ccc(F)cc1Br. The van der Waals surface area contributed by atoms with E-state index in [0.29, 0.717) is 0 Å². The molecule has 0 aliphatic heterocycles. The minimum Gasteiger partial charge on any atom is -0.326 e. The predicted molar refractivity (Wildman–Crippen MR) is 79.3 cm³/mol. The van der Waals surface area contributed by atoms with Crippen LogP contribution in [0.3, 0.4) is 0 Å². The Morgan fingerprint density at radius 2 is 1.95 bits per heavy atom. The number of halogens is 2. The van der Waals surface area contributed by atoms with E-state index in [1.807, 2.05) is 0 Å². The van der Waals surface area contributed by atoms with Gasteiger partial charge < -0.3 is 5.73 Å². The van der Waals surface area contributed by atoms with Gasteiger partial charge in [-0.2, -0.15) is 0 Å². The second-order valence-electron chi connectivity index (χ2n) is 5.10. The Morgan fingerprint density at radius 1 is 1.25 bits per heavy atom. The molecule has 0 aromatic heterocycles. The van der Waals surface area contributed by atoms with Gasteiger partial charge in [0.2, 0.25) is 10.0 Å². The molecule has 1 aromatic rings. The molecule has 7 heteroatoms. The number of rotatable bonds is 3. The van der Waals surface area contributed by atoms with Crippen LogP contribution >= 0.6 is 15.9 Å². The van der Waals surface area contributed by atoms with Gasteiger partial charge in [0.15, 0.2) is 0 Å². The zero-order valence-corrected chi connectivity index (χ0v) is 13.4. The summed E-state index contributed by atoms with van der Waals surface area (Å²) in [4.78, 5) is 0.0374. The minimum atomic E-state index is -3.70. The third kappa shape index (κ3) is 3.78. The maximum atomic E-state index is 13.0. The van der Waals surface area contributed by atoms with Crippen LogP contribution in [-0.4, -0.2) is 20.5 Å². The van der Waals surface area contributed by atoms with E-state index in [9.17, 15) is 12.8 Å². The van der Waals surface area contributed by atoms with Crippen LogP contribution in [0.25, 0.3) is 0 Å². The molecular weight excluding hydrogens is 347 g/mol. The summed E-state index contributed by atoms with van der Waals surface area (Å²) in [7, 11) is -3.70. The first kappa shape index (κ1) is 15.9. The molecule has 1 fully saturated rings. The molecule has 112 valence electrons. The lowest BCUT2D eigenvalue weighted by Gasteiger charge is -2.22. The van der Waals surface area contributed by atoms with Crippen molar-refractivity contribution in [3.05, 3.63) is 28.5 Å². The fraction of sp³-hybridized carbons (Fsp3) is 0.538. The lowest BCUT2D eigenvalue weighted by atomic mass is 10.1. The summed E-state index contributed by atoms with van der Waals surface area (Å²) in [5.41, 5.74) is 6.03. The average Bonchev–Trinajstić information content (AvgIpc) is 2.54. The maximum Gasteiger partial charge on any atom is 0.241 e. The number of hydrogen-bond donors (Lipinski definition) is 2. The summed E-state index contributed by atoms with van der Waals surface area (Å²) < 4.78 is 40.7. The summed E-state index contributed by atoms with van der Waals surface area (Å²) in [6.07, 6.45) is 4.62. The van der Waals surface area contributed by atoms with E-state index in [1.165, 1.54) is 6.07 Å². The molecule has 0 saturated heterocycles. The van der Waals surface area contributed by atoms with E-state index in [2.05, 4.69) is 20.7 Å². The van der Waals surface area contributed by atoms with E-state index in [4.69, 9.17) is 5.73 Å². The zero-order valence-electron chi connectivity index (χ0n) is 11.0. The van der Waals surface area contributed by atoms with Crippen LogP contribution in [0.5, 0.6) is 0 Å². The quantitative estimate of drug-likeness (QED) is 0.809. The van der Waals surface area contributed by atoms with Gasteiger partial charge in [-0.3, -0.25) is 0 Å². The maximum absolute atomic E-state index is 13.0. The molecule has 4 nitrogen and oxygen atoms in total. The number of hydrogen-bond acceptors (Lipinski definition) is 3. The molecule has 0 amide bonds. The van der Waals surface area contributed by atoms with Crippen LogP contribution in [0.2, 0.25) is 0 Å². The first-order valence-electron chi connectivity index (χ1n) is 6.63. The largest absolute Gasteiger partial charge is 0.326 e. The third-order valence-corrected chi connectivity index (χ3v) is 6.03. The smallest absolute Gasteiger partial charge is 0.241 e. The molecule has 0 radical (unpaired) electrons. The number of benzene rings is 1. The van der Waals surface area contributed by atoms with Crippen LogP contribution in [0, 0.1) is 5.82 Å². The highest BCUT2D eigenvalue weighted by atomic mass is 79.9. The van der Waals surface area contributed by atoms with Crippen LogP contribution < -0.4 is 10.5 Å². The van der Waals surface area contributed by atoms with Gasteiger partial charge in [0.25, 0.3) is 0 Å². The molecule has 2 atom stereocenters. The highest BCUT2D eigenvalue weighted by Gasteiger charge is 2.27. The first-order valence-corrected chi connectivity index (χ1v) is 8.91. The predicted octanol–water partition coefficient (Wildman–Crippen LogP) is 2.53. The van der Waals surface area contributed by atoms with Crippen molar-refractivity contribution in [1.82, 2.24) is 4.72 Å². The molecular formula is C13H18BrFN2O2S. The van der Waals surface area contributed by atoms with Crippen molar-refractivity contribution < 1.29 is 12.8 Å². The standard InChI is InChI=1S/C13H18BrFN2O2S/c14-10-8-9(15)6-7-13(10)20(18,19)17-12-5-3-1-2-4-11(12)16/h6-8,11-12,17H,1-5,16H2. The average molecular weight is 365 g/mol. The molecule has 20 heavy (non-hydrogen) atoms. The van der Waals surface area contributed by atoms with Crippen molar-refractivity contribution in [3.63, 3.8) is 0 Å². The normalized spacial score (nSPS) is 24.4. The van der Waals surface area contributed by atoms with Gasteiger partial charge in [-0.05, 0) is 47.0 Å². The Morgan fingerprint density at radius 3 is 2.65 bits per heavy atom. The molecule has 1 aliphatic rings. The van der Waals surface area contributed by atoms with Crippen molar-refractivity contribution in [2.24, 2.45) is 5.73 Å². The van der Waals surface area contributed by atoms with E-state index in [-0.39, 0.29) is 21.5 Å². The zero-order chi connectivity index (χ0) is 14.8. The van der Waals surface area contributed by atoms with Crippen LogP contribution in [0.15, 0.2) is 27.6 Å². The lowest BCUT2D eigenvalue weighted by molar-refractivity contribution is 0.456. The van der Waals surface area contributed by atoms with Gasteiger partial charge in [0.05, 0.1) is 4.90 Å². The Labute approximate surface area is 127 Å². The molecule has 0 heterocycles.